The molecule has 2 unspecified atom stereocenters. The van der Waals surface area contributed by atoms with Crippen molar-refractivity contribution in [2.45, 2.75) is 45.2 Å². The molecule has 0 aliphatic heterocycles. The van der Waals surface area contributed by atoms with Crippen LogP contribution in [-0.4, -0.2) is 25.1 Å². The minimum absolute atomic E-state index is 0.699. The highest BCUT2D eigenvalue weighted by Gasteiger charge is 2.22. The molecule has 3 heteroatoms. The Morgan fingerprint density at radius 2 is 2.16 bits per heavy atom. The Hall–Kier alpha value is -1.22. The Kier molecular flexibility index (Phi) is 4.70. The van der Waals surface area contributed by atoms with Gasteiger partial charge in [-0.25, -0.2) is 0 Å². The van der Waals surface area contributed by atoms with Crippen molar-refractivity contribution >= 4 is 5.69 Å². The molecule has 0 amide bonds. The number of benzene rings is 1. The van der Waals surface area contributed by atoms with Crippen molar-refractivity contribution in [2.75, 3.05) is 19.9 Å². The maximum absolute atomic E-state index is 6.10. The second-order valence-electron chi connectivity index (χ2n) is 5.91. The number of methoxy groups -OCH3 is 1. The van der Waals surface area contributed by atoms with E-state index in [1.807, 2.05) is 12.1 Å². The number of rotatable bonds is 4. The first-order valence-corrected chi connectivity index (χ1v) is 7.22. The SMILES string of the molecule is COc1ccc(CN(C)C2CCCC(C)C2)c(N)c1. The molecule has 2 N–H and O–H groups in total. The van der Waals surface area contributed by atoms with Crippen LogP contribution in [0.3, 0.4) is 0 Å². The molecule has 0 bridgehead atoms. The first-order chi connectivity index (χ1) is 9.10. The van der Waals surface area contributed by atoms with Crippen LogP contribution >= 0.6 is 0 Å². The van der Waals surface area contributed by atoms with Gasteiger partial charge < -0.3 is 10.5 Å². The van der Waals surface area contributed by atoms with E-state index >= 15 is 0 Å². The van der Waals surface area contributed by atoms with Crippen molar-refractivity contribution in [1.29, 1.82) is 0 Å². The quantitative estimate of drug-likeness (QED) is 0.846. The van der Waals surface area contributed by atoms with E-state index in [2.05, 4.69) is 24.9 Å². The summed E-state index contributed by atoms with van der Waals surface area (Å²) < 4.78 is 5.19. The summed E-state index contributed by atoms with van der Waals surface area (Å²) in [5.41, 5.74) is 8.12. The molecule has 1 aliphatic carbocycles. The third kappa shape index (κ3) is 3.63. The molecule has 1 saturated carbocycles. The summed E-state index contributed by atoms with van der Waals surface area (Å²) in [5, 5.41) is 0. The summed E-state index contributed by atoms with van der Waals surface area (Å²) in [6.07, 6.45) is 5.37. The molecule has 1 aliphatic rings. The minimum atomic E-state index is 0.699. The lowest BCUT2D eigenvalue weighted by atomic mass is 9.86. The van der Waals surface area contributed by atoms with E-state index in [0.29, 0.717) is 6.04 Å². The molecular weight excluding hydrogens is 236 g/mol. The van der Waals surface area contributed by atoms with Gasteiger partial charge >= 0.3 is 0 Å². The maximum Gasteiger partial charge on any atom is 0.120 e. The lowest BCUT2D eigenvalue weighted by molar-refractivity contribution is 0.158. The van der Waals surface area contributed by atoms with E-state index in [1.54, 1.807) is 7.11 Å². The van der Waals surface area contributed by atoms with Crippen molar-refractivity contribution in [2.24, 2.45) is 5.92 Å². The molecule has 0 radical (unpaired) electrons. The summed E-state index contributed by atoms with van der Waals surface area (Å²) in [5.74, 6) is 1.68. The number of nitrogens with zero attached hydrogens (tertiary/aromatic N) is 1. The third-order valence-corrected chi connectivity index (χ3v) is 4.30. The highest BCUT2D eigenvalue weighted by molar-refractivity contribution is 5.51. The molecule has 3 nitrogen and oxygen atoms in total. The summed E-state index contributed by atoms with van der Waals surface area (Å²) in [6, 6.07) is 6.68. The zero-order chi connectivity index (χ0) is 13.8. The molecule has 2 atom stereocenters. The van der Waals surface area contributed by atoms with Gasteiger partial charge in [-0.05, 0) is 37.4 Å². The summed E-state index contributed by atoms with van der Waals surface area (Å²) in [4.78, 5) is 2.45. The lowest BCUT2D eigenvalue weighted by Gasteiger charge is -2.34. The van der Waals surface area contributed by atoms with Crippen molar-refractivity contribution in [1.82, 2.24) is 4.90 Å². The summed E-state index contributed by atoms with van der Waals surface area (Å²) in [6.45, 7) is 3.29. The second kappa shape index (κ2) is 6.29. The topological polar surface area (TPSA) is 38.5 Å². The van der Waals surface area contributed by atoms with E-state index in [1.165, 1.54) is 31.2 Å². The van der Waals surface area contributed by atoms with Crippen LogP contribution in [0.15, 0.2) is 18.2 Å². The number of ether oxygens (including phenoxy) is 1. The monoisotopic (exact) mass is 262 g/mol. The maximum atomic E-state index is 6.10. The second-order valence-corrected chi connectivity index (χ2v) is 5.91. The van der Waals surface area contributed by atoms with E-state index < -0.39 is 0 Å². The highest BCUT2D eigenvalue weighted by Crippen LogP contribution is 2.28. The van der Waals surface area contributed by atoms with Gasteiger partial charge in [-0.1, -0.05) is 25.8 Å². The lowest BCUT2D eigenvalue weighted by Crippen LogP contribution is -2.35. The standard InChI is InChI=1S/C16H26N2O/c1-12-5-4-6-14(9-12)18(2)11-13-7-8-15(19-3)10-16(13)17/h7-8,10,12,14H,4-6,9,11,17H2,1-3H3. The van der Waals surface area contributed by atoms with Crippen LogP contribution in [0.1, 0.15) is 38.2 Å². The van der Waals surface area contributed by atoms with Crippen LogP contribution in [-0.2, 0) is 6.54 Å². The fourth-order valence-electron chi connectivity index (χ4n) is 3.04. The first kappa shape index (κ1) is 14.2. The first-order valence-electron chi connectivity index (χ1n) is 7.22. The van der Waals surface area contributed by atoms with Crippen LogP contribution in [0, 0.1) is 5.92 Å². The Morgan fingerprint density at radius 3 is 2.79 bits per heavy atom. The van der Waals surface area contributed by atoms with Gasteiger partial charge in [-0.2, -0.15) is 0 Å². The number of hydrogen-bond donors (Lipinski definition) is 1. The number of nitrogens with two attached hydrogens (primary N) is 1. The number of nitrogen functional groups attached to an aromatic ring is 1. The Bertz CT molecular complexity index is 419. The molecular formula is C16H26N2O. The fourth-order valence-corrected chi connectivity index (χ4v) is 3.04. The van der Waals surface area contributed by atoms with Gasteiger partial charge in [0.25, 0.3) is 0 Å². The molecule has 1 aromatic rings. The third-order valence-electron chi connectivity index (χ3n) is 4.30. The van der Waals surface area contributed by atoms with Gasteiger partial charge in [0.05, 0.1) is 7.11 Å². The van der Waals surface area contributed by atoms with E-state index in [0.717, 1.165) is 23.9 Å². The van der Waals surface area contributed by atoms with E-state index in [-0.39, 0.29) is 0 Å². The molecule has 0 saturated heterocycles. The number of hydrogen-bond acceptors (Lipinski definition) is 3. The van der Waals surface area contributed by atoms with E-state index in [9.17, 15) is 0 Å². The van der Waals surface area contributed by atoms with Gasteiger partial charge in [-0.3, -0.25) is 4.90 Å². The predicted octanol–water partition coefficient (Wildman–Crippen LogP) is 3.29. The molecule has 0 heterocycles. The molecule has 106 valence electrons. The van der Waals surface area contributed by atoms with Crippen LogP contribution in [0.2, 0.25) is 0 Å². The molecule has 0 aromatic heterocycles. The Morgan fingerprint density at radius 1 is 1.37 bits per heavy atom. The Labute approximate surface area is 116 Å². The molecule has 1 aromatic carbocycles. The Balaban J connectivity index is 2.00. The van der Waals surface area contributed by atoms with Crippen LogP contribution in [0.5, 0.6) is 5.75 Å². The van der Waals surface area contributed by atoms with Crippen molar-refractivity contribution in [3.05, 3.63) is 23.8 Å². The zero-order valence-corrected chi connectivity index (χ0v) is 12.4. The molecule has 0 spiro atoms. The summed E-state index contributed by atoms with van der Waals surface area (Å²) in [7, 11) is 3.89. The van der Waals surface area contributed by atoms with Crippen molar-refractivity contribution < 1.29 is 4.74 Å². The van der Waals surface area contributed by atoms with Gasteiger partial charge in [0, 0.05) is 24.3 Å². The van der Waals surface area contributed by atoms with Crippen LogP contribution < -0.4 is 10.5 Å². The molecule has 1 fully saturated rings. The summed E-state index contributed by atoms with van der Waals surface area (Å²) >= 11 is 0. The average Bonchev–Trinajstić information content (AvgIpc) is 2.41. The zero-order valence-electron chi connectivity index (χ0n) is 12.4. The van der Waals surface area contributed by atoms with Crippen molar-refractivity contribution in [3.8, 4) is 5.75 Å². The van der Waals surface area contributed by atoms with Gasteiger partial charge in [0.1, 0.15) is 5.75 Å². The van der Waals surface area contributed by atoms with Gasteiger partial charge in [-0.15, -0.1) is 0 Å². The fraction of sp³-hybridized carbons (Fsp3) is 0.625. The molecule has 2 rings (SSSR count). The normalized spacial score (nSPS) is 23.6. The predicted molar refractivity (Wildman–Crippen MR) is 80.3 cm³/mol. The van der Waals surface area contributed by atoms with Crippen LogP contribution in [0.25, 0.3) is 0 Å². The smallest absolute Gasteiger partial charge is 0.120 e. The average molecular weight is 262 g/mol. The van der Waals surface area contributed by atoms with Gasteiger partial charge in [0.2, 0.25) is 0 Å². The van der Waals surface area contributed by atoms with Crippen molar-refractivity contribution in [3.63, 3.8) is 0 Å². The number of anilines is 1. The van der Waals surface area contributed by atoms with E-state index in [4.69, 9.17) is 10.5 Å². The molecule has 19 heavy (non-hydrogen) atoms. The minimum Gasteiger partial charge on any atom is -0.497 e. The van der Waals surface area contributed by atoms with Crippen LogP contribution in [0.4, 0.5) is 5.69 Å². The highest BCUT2D eigenvalue weighted by atomic mass is 16.5. The van der Waals surface area contributed by atoms with Gasteiger partial charge in [0.15, 0.2) is 0 Å². The largest absolute Gasteiger partial charge is 0.497 e.